The van der Waals surface area contributed by atoms with E-state index in [2.05, 4.69) is 32.2 Å². The van der Waals surface area contributed by atoms with Gasteiger partial charge in [0.15, 0.2) is 5.82 Å². The van der Waals surface area contributed by atoms with Crippen LogP contribution in [0.15, 0.2) is 54.3 Å². The molecule has 0 saturated heterocycles. The number of thiophene rings is 1. The van der Waals surface area contributed by atoms with Gasteiger partial charge in [-0.2, -0.15) is 5.10 Å². The minimum Gasteiger partial charge on any atom is -0.330 e. The molecular formula is C19H21N5OS. The van der Waals surface area contributed by atoms with Crippen LogP contribution in [-0.4, -0.2) is 20.8 Å². The van der Waals surface area contributed by atoms with Crippen molar-refractivity contribution in [2.45, 2.75) is 31.7 Å². The summed E-state index contributed by atoms with van der Waals surface area (Å²) >= 11 is 1.70. The molecule has 1 aliphatic rings. The van der Waals surface area contributed by atoms with E-state index in [4.69, 9.17) is 0 Å². The van der Waals surface area contributed by atoms with E-state index in [0.717, 1.165) is 12.8 Å². The number of amides is 2. The van der Waals surface area contributed by atoms with Gasteiger partial charge in [-0.05, 0) is 48.4 Å². The largest absolute Gasteiger partial charge is 0.330 e. The van der Waals surface area contributed by atoms with Crippen molar-refractivity contribution in [1.29, 1.82) is 0 Å². The van der Waals surface area contributed by atoms with Gasteiger partial charge in [0.25, 0.3) is 0 Å². The molecule has 2 amide bonds. The standard InChI is InChI=1S/C19H21N5OS/c25-19(22-15-8-3-10-20-18(15)24-12-5-11-21-24)23-17(14-6-1-2-7-14)16-9-4-13-26-16/h3-5,8-14,17H,1-2,6-7H2,(H2,22,23,25). The predicted octanol–water partition coefficient (Wildman–Crippen LogP) is 4.38. The summed E-state index contributed by atoms with van der Waals surface area (Å²) in [6.45, 7) is 0. The average molecular weight is 367 g/mol. The first-order valence-corrected chi connectivity index (χ1v) is 9.75. The summed E-state index contributed by atoms with van der Waals surface area (Å²) < 4.78 is 1.64. The molecule has 26 heavy (non-hydrogen) atoms. The summed E-state index contributed by atoms with van der Waals surface area (Å²) in [4.78, 5) is 18.3. The Morgan fingerprint density at radius 2 is 2.08 bits per heavy atom. The molecule has 3 aromatic rings. The number of nitrogens with one attached hydrogen (secondary N) is 2. The first-order valence-electron chi connectivity index (χ1n) is 8.87. The molecule has 1 aliphatic carbocycles. The lowest BCUT2D eigenvalue weighted by molar-refractivity contribution is 0.243. The number of hydrogen-bond acceptors (Lipinski definition) is 4. The molecule has 0 aliphatic heterocycles. The zero-order valence-electron chi connectivity index (χ0n) is 14.3. The molecule has 0 bridgehead atoms. The Kier molecular flexibility index (Phi) is 4.97. The number of hydrogen-bond donors (Lipinski definition) is 2. The van der Waals surface area contributed by atoms with Crippen LogP contribution in [0.25, 0.3) is 5.82 Å². The average Bonchev–Trinajstić information content (AvgIpc) is 3.44. The van der Waals surface area contributed by atoms with Gasteiger partial charge in [0, 0.05) is 23.5 Å². The first-order chi connectivity index (χ1) is 12.8. The first kappa shape index (κ1) is 16.8. The quantitative estimate of drug-likeness (QED) is 0.703. The van der Waals surface area contributed by atoms with Crippen molar-refractivity contribution in [1.82, 2.24) is 20.1 Å². The smallest absolute Gasteiger partial charge is 0.319 e. The Bertz CT molecular complexity index is 841. The van der Waals surface area contributed by atoms with Gasteiger partial charge in [0.2, 0.25) is 0 Å². The van der Waals surface area contributed by atoms with E-state index in [1.165, 1.54) is 17.7 Å². The third kappa shape index (κ3) is 3.62. The van der Waals surface area contributed by atoms with Crippen LogP contribution in [0.3, 0.4) is 0 Å². The highest BCUT2D eigenvalue weighted by molar-refractivity contribution is 7.10. The van der Waals surface area contributed by atoms with Gasteiger partial charge in [-0.1, -0.05) is 18.9 Å². The van der Waals surface area contributed by atoms with Crippen LogP contribution in [-0.2, 0) is 0 Å². The second-order valence-corrected chi connectivity index (χ2v) is 7.44. The third-order valence-electron chi connectivity index (χ3n) is 4.76. The maximum Gasteiger partial charge on any atom is 0.319 e. The minimum absolute atomic E-state index is 0.0577. The molecule has 3 heterocycles. The van der Waals surface area contributed by atoms with Crippen LogP contribution in [0.5, 0.6) is 0 Å². The summed E-state index contributed by atoms with van der Waals surface area (Å²) in [7, 11) is 0. The molecule has 134 valence electrons. The number of carbonyl (C=O) groups is 1. The van der Waals surface area contributed by atoms with Gasteiger partial charge >= 0.3 is 6.03 Å². The number of nitrogens with zero attached hydrogens (tertiary/aromatic N) is 3. The number of carbonyl (C=O) groups excluding carboxylic acids is 1. The van der Waals surface area contributed by atoms with E-state index in [0.29, 0.717) is 17.4 Å². The number of rotatable bonds is 5. The van der Waals surface area contributed by atoms with Crippen molar-refractivity contribution in [3.63, 3.8) is 0 Å². The molecule has 1 fully saturated rings. The van der Waals surface area contributed by atoms with Crippen LogP contribution >= 0.6 is 11.3 Å². The van der Waals surface area contributed by atoms with E-state index in [1.807, 2.05) is 18.2 Å². The summed E-state index contributed by atoms with van der Waals surface area (Å²) in [5.41, 5.74) is 0.630. The molecule has 6 nitrogen and oxygen atoms in total. The zero-order chi connectivity index (χ0) is 17.8. The Morgan fingerprint density at radius 3 is 2.81 bits per heavy atom. The van der Waals surface area contributed by atoms with Gasteiger partial charge < -0.3 is 10.6 Å². The van der Waals surface area contributed by atoms with Gasteiger partial charge in [-0.3, -0.25) is 0 Å². The fourth-order valence-corrected chi connectivity index (χ4v) is 4.42. The minimum atomic E-state index is -0.211. The van der Waals surface area contributed by atoms with Gasteiger partial charge in [-0.25, -0.2) is 14.5 Å². The highest BCUT2D eigenvalue weighted by Gasteiger charge is 2.28. The second-order valence-electron chi connectivity index (χ2n) is 6.46. The van der Waals surface area contributed by atoms with E-state index in [-0.39, 0.29) is 12.1 Å². The summed E-state index contributed by atoms with van der Waals surface area (Å²) in [6.07, 6.45) is 9.98. The normalized spacial score (nSPS) is 15.7. The SMILES string of the molecule is O=C(Nc1cccnc1-n1cccn1)NC(c1cccs1)C1CCCC1. The highest BCUT2D eigenvalue weighted by Crippen LogP contribution is 2.37. The van der Waals surface area contributed by atoms with Crippen molar-refractivity contribution < 1.29 is 4.79 Å². The van der Waals surface area contributed by atoms with Gasteiger partial charge in [0.05, 0.1) is 11.7 Å². The molecule has 0 spiro atoms. The third-order valence-corrected chi connectivity index (χ3v) is 5.72. The summed E-state index contributed by atoms with van der Waals surface area (Å²) in [6, 6.07) is 9.45. The molecule has 1 atom stereocenters. The number of anilines is 1. The molecule has 2 N–H and O–H groups in total. The van der Waals surface area contributed by atoms with Crippen molar-refractivity contribution in [2.24, 2.45) is 5.92 Å². The fraction of sp³-hybridized carbons (Fsp3) is 0.316. The van der Waals surface area contributed by atoms with Crippen LogP contribution in [0.4, 0.5) is 10.5 Å². The zero-order valence-corrected chi connectivity index (χ0v) is 15.2. The predicted molar refractivity (Wildman–Crippen MR) is 103 cm³/mol. The van der Waals surface area contributed by atoms with E-state index in [9.17, 15) is 4.79 Å². The Morgan fingerprint density at radius 1 is 1.19 bits per heavy atom. The van der Waals surface area contributed by atoms with E-state index < -0.39 is 0 Å². The lowest BCUT2D eigenvalue weighted by Gasteiger charge is -2.24. The molecule has 3 aromatic heterocycles. The number of pyridine rings is 1. The molecule has 1 saturated carbocycles. The lowest BCUT2D eigenvalue weighted by atomic mass is 9.97. The van der Waals surface area contributed by atoms with Crippen LogP contribution in [0, 0.1) is 5.92 Å². The van der Waals surface area contributed by atoms with E-state index >= 15 is 0 Å². The molecule has 7 heteroatoms. The van der Waals surface area contributed by atoms with Crippen molar-refractivity contribution >= 4 is 23.1 Å². The topological polar surface area (TPSA) is 71.8 Å². The van der Waals surface area contributed by atoms with Crippen LogP contribution in [0.1, 0.15) is 36.6 Å². The molecule has 0 aromatic carbocycles. The van der Waals surface area contributed by atoms with Crippen LogP contribution in [0.2, 0.25) is 0 Å². The molecular weight excluding hydrogens is 346 g/mol. The van der Waals surface area contributed by atoms with Crippen molar-refractivity contribution in [2.75, 3.05) is 5.32 Å². The van der Waals surface area contributed by atoms with Gasteiger partial charge in [-0.15, -0.1) is 11.3 Å². The van der Waals surface area contributed by atoms with Crippen LogP contribution < -0.4 is 10.6 Å². The van der Waals surface area contributed by atoms with Crippen molar-refractivity contribution in [3.05, 3.63) is 59.2 Å². The number of urea groups is 1. The maximum absolute atomic E-state index is 12.7. The summed E-state index contributed by atoms with van der Waals surface area (Å²) in [5.74, 6) is 1.10. The summed E-state index contributed by atoms with van der Waals surface area (Å²) in [5, 5.41) is 12.4. The van der Waals surface area contributed by atoms with Crippen molar-refractivity contribution in [3.8, 4) is 5.82 Å². The highest BCUT2D eigenvalue weighted by atomic mass is 32.1. The Labute approximate surface area is 156 Å². The molecule has 4 rings (SSSR count). The second kappa shape index (κ2) is 7.70. The molecule has 1 unspecified atom stereocenters. The van der Waals surface area contributed by atoms with E-state index in [1.54, 1.807) is 40.7 Å². The Hall–Kier alpha value is -2.67. The molecule has 0 radical (unpaired) electrons. The van der Waals surface area contributed by atoms with Gasteiger partial charge in [0.1, 0.15) is 0 Å². The monoisotopic (exact) mass is 367 g/mol. The lowest BCUT2D eigenvalue weighted by Crippen LogP contribution is -2.35. The fourth-order valence-electron chi connectivity index (χ4n) is 3.55. The number of aromatic nitrogens is 3. The Balaban J connectivity index is 1.51. The maximum atomic E-state index is 12.7.